The molecule has 0 saturated carbocycles. The van der Waals surface area contributed by atoms with Crippen LogP contribution >= 0.6 is 0 Å². The Morgan fingerprint density at radius 1 is 0.667 bits per heavy atom. The minimum Gasteiger partial charge on any atom is -0.508 e. The number of hydrogen-bond donors (Lipinski definition) is 1. The van der Waals surface area contributed by atoms with Crippen molar-refractivity contribution in [3.8, 4) is 5.75 Å². The first-order chi connectivity index (χ1) is 19.2. The summed E-state index contributed by atoms with van der Waals surface area (Å²) in [6.45, 7) is 5.22. The highest BCUT2D eigenvalue weighted by Crippen LogP contribution is 2.41. The lowest BCUT2D eigenvalue weighted by atomic mass is 9.71. The lowest BCUT2D eigenvalue weighted by Crippen LogP contribution is -2.42. The summed E-state index contributed by atoms with van der Waals surface area (Å²) >= 11 is 0. The maximum atomic E-state index is 10.7. The number of carbonyl (C=O) groups is 1. The van der Waals surface area contributed by atoms with Crippen molar-refractivity contribution >= 4 is 12.0 Å². The second-order valence-corrected chi connectivity index (χ2v) is 11.3. The summed E-state index contributed by atoms with van der Waals surface area (Å²) in [5, 5.41) is 9.19. The van der Waals surface area contributed by atoms with Crippen molar-refractivity contribution < 1.29 is 9.90 Å². The third-order valence-electron chi connectivity index (χ3n) is 8.64. The summed E-state index contributed by atoms with van der Waals surface area (Å²) in [6.07, 6.45) is 13.8. The second kappa shape index (κ2) is 15.5. The fourth-order valence-electron chi connectivity index (χ4n) is 6.34. The van der Waals surface area contributed by atoms with Gasteiger partial charge in [-0.15, -0.1) is 0 Å². The molecule has 1 N–H and O–H groups in total. The first-order valence-electron chi connectivity index (χ1n) is 14.9. The number of aldehydes is 1. The molecule has 6 rings (SSSR count). The van der Waals surface area contributed by atoms with Gasteiger partial charge in [0.1, 0.15) is 12.0 Å². The van der Waals surface area contributed by atoms with Crippen LogP contribution in [0, 0.1) is 5.41 Å². The van der Waals surface area contributed by atoms with E-state index in [0.29, 0.717) is 17.7 Å². The van der Waals surface area contributed by atoms with Crippen molar-refractivity contribution in [3.05, 3.63) is 96.1 Å². The normalized spacial score (nSPS) is 18.7. The van der Waals surface area contributed by atoms with Crippen LogP contribution in [0.15, 0.2) is 84.9 Å². The van der Waals surface area contributed by atoms with E-state index in [4.69, 9.17) is 0 Å². The molecule has 2 saturated heterocycles. The van der Waals surface area contributed by atoms with Crippen molar-refractivity contribution in [2.24, 2.45) is 5.41 Å². The first-order valence-corrected chi connectivity index (χ1v) is 14.9. The van der Waals surface area contributed by atoms with Crippen LogP contribution in [0.2, 0.25) is 0 Å². The number of hydrogen-bond acceptors (Lipinski definition) is 4. The molecule has 3 aromatic carbocycles. The van der Waals surface area contributed by atoms with Crippen LogP contribution in [0.5, 0.6) is 5.75 Å². The van der Waals surface area contributed by atoms with E-state index in [2.05, 4.69) is 40.1 Å². The molecule has 208 valence electrons. The molecule has 1 aliphatic carbocycles. The molecule has 1 spiro atoms. The maximum Gasteiger partial charge on any atom is 0.133 e. The van der Waals surface area contributed by atoms with E-state index in [-0.39, 0.29) is 0 Å². The molecule has 0 aromatic heterocycles. The summed E-state index contributed by atoms with van der Waals surface area (Å²) in [7, 11) is 0. The van der Waals surface area contributed by atoms with Crippen molar-refractivity contribution in [3.63, 3.8) is 0 Å². The van der Waals surface area contributed by atoms with Gasteiger partial charge in [0.15, 0.2) is 0 Å². The van der Waals surface area contributed by atoms with Crippen molar-refractivity contribution in [2.75, 3.05) is 37.6 Å². The number of phenolic OH excluding ortho intramolecular Hbond substituents is 1. The van der Waals surface area contributed by atoms with Gasteiger partial charge in [-0.2, -0.15) is 0 Å². The van der Waals surface area contributed by atoms with E-state index in [9.17, 15) is 9.90 Å². The summed E-state index contributed by atoms with van der Waals surface area (Å²) in [4.78, 5) is 15.5. The number of aromatic hydroxyl groups is 1. The SMILES string of the molecule is O=CCN1CCC2(CCCN(c3ccccc3)CCC2)CC1.Oc1ccc2c(c1)CCCC2.c1ccccc1. The Labute approximate surface area is 235 Å². The number of para-hydroxylation sites is 1. The molecular formula is C35H46N2O2. The number of likely N-dealkylation sites (tertiary alicyclic amines) is 1. The fourth-order valence-corrected chi connectivity index (χ4v) is 6.34. The van der Waals surface area contributed by atoms with Crippen LogP contribution in [0.25, 0.3) is 0 Å². The quantitative estimate of drug-likeness (QED) is 0.364. The van der Waals surface area contributed by atoms with Gasteiger partial charge in [0.2, 0.25) is 0 Å². The van der Waals surface area contributed by atoms with Gasteiger partial charge in [-0.05, 0) is 118 Å². The van der Waals surface area contributed by atoms with Crippen LogP contribution in [0.4, 0.5) is 5.69 Å². The van der Waals surface area contributed by atoms with Crippen LogP contribution in [0.3, 0.4) is 0 Å². The minimum atomic E-state index is 0.408. The van der Waals surface area contributed by atoms with Crippen LogP contribution in [0.1, 0.15) is 62.5 Å². The zero-order valence-corrected chi connectivity index (χ0v) is 23.5. The third kappa shape index (κ3) is 9.25. The van der Waals surface area contributed by atoms with E-state index < -0.39 is 0 Å². The smallest absolute Gasteiger partial charge is 0.133 e. The largest absolute Gasteiger partial charge is 0.508 e. The van der Waals surface area contributed by atoms with Crippen LogP contribution in [-0.2, 0) is 17.6 Å². The molecule has 2 heterocycles. The highest BCUT2D eigenvalue weighted by atomic mass is 16.3. The van der Waals surface area contributed by atoms with Gasteiger partial charge in [-0.25, -0.2) is 0 Å². The number of phenols is 1. The topological polar surface area (TPSA) is 43.8 Å². The molecule has 0 atom stereocenters. The van der Waals surface area contributed by atoms with Crippen molar-refractivity contribution in [2.45, 2.75) is 64.2 Å². The third-order valence-corrected chi connectivity index (χ3v) is 8.64. The van der Waals surface area contributed by atoms with Gasteiger partial charge in [-0.1, -0.05) is 60.7 Å². The fraction of sp³-hybridized carbons (Fsp3) is 0.457. The average Bonchev–Trinajstić information content (AvgIpc) is 2.98. The van der Waals surface area contributed by atoms with Crippen LogP contribution < -0.4 is 4.90 Å². The molecule has 2 aliphatic heterocycles. The van der Waals surface area contributed by atoms with Gasteiger partial charge in [0.25, 0.3) is 0 Å². The van der Waals surface area contributed by atoms with Gasteiger partial charge in [-0.3, -0.25) is 4.90 Å². The minimum absolute atomic E-state index is 0.408. The Balaban J connectivity index is 0.000000170. The van der Waals surface area contributed by atoms with Gasteiger partial charge in [0.05, 0.1) is 6.54 Å². The standard InChI is InChI=1S/C19H28N2O.C10H12O.C6H6/c22-17-16-20-14-10-19(11-15-20)8-4-12-21(13-5-9-19)18-6-2-1-3-7-18;11-10-6-5-8-3-1-2-4-9(8)7-10;1-2-4-6-5-3-1/h1-3,6-7,17H,4-5,8-16H2;5-7,11H,1-4H2;1-6H. The molecule has 0 bridgehead atoms. The summed E-state index contributed by atoms with van der Waals surface area (Å²) in [5.74, 6) is 0.408. The van der Waals surface area contributed by atoms with E-state index in [1.807, 2.05) is 48.5 Å². The van der Waals surface area contributed by atoms with Gasteiger partial charge in [0, 0.05) is 18.8 Å². The first kappa shape index (κ1) is 28.9. The average molecular weight is 527 g/mol. The Kier molecular flexibility index (Phi) is 11.5. The highest BCUT2D eigenvalue weighted by Gasteiger charge is 2.34. The van der Waals surface area contributed by atoms with Gasteiger partial charge < -0.3 is 14.8 Å². The number of anilines is 1. The van der Waals surface area contributed by atoms with E-state index in [0.717, 1.165) is 25.8 Å². The van der Waals surface area contributed by atoms with E-state index in [1.54, 1.807) is 6.07 Å². The number of carbonyl (C=O) groups excluding carboxylic acids is 1. The predicted octanol–water partition coefficient (Wildman–Crippen LogP) is 7.31. The van der Waals surface area contributed by atoms with E-state index in [1.165, 1.54) is 87.7 Å². The number of aryl methyl sites for hydroxylation is 2. The highest BCUT2D eigenvalue weighted by molar-refractivity contribution is 5.52. The molecular weight excluding hydrogens is 480 g/mol. The number of rotatable bonds is 3. The number of nitrogens with zero attached hydrogens (tertiary/aromatic N) is 2. The van der Waals surface area contributed by atoms with Crippen molar-refractivity contribution in [1.82, 2.24) is 4.90 Å². The maximum absolute atomic E-state index is 10.7. The molecule has 2 fully saturated rings. The molecule has 0 radical (unpaired) electrons. The zero-order chi connectivity index (χ0) is 27.2. The number of benzene rings is 3. The summed E-state index contributed by atoms with van der Waals surface area (Å²) in [6, 6.07) is 28.6. The van der Waals surface area contributed by atoms with Gasteiger partial charge >= 0.3 is 0 Å². The van der Waals surface area contributed by atoms with Crippen LogP contribution in [-0.4, -0.2) is 49.0 Å². The lowest BCUT2D eigenvalue weighted by Gasteiger charge is -2.44. The zero-order valence-electron chi connectivity index (χ0n) is 23.5. The molecule has 39 heavy (non-hydrogen) atoms. The number of fused-ring (bicyclic) bond motifs is 1. The monoisotopic (exact) mass is 526 g/mol. The van der Waals surface area contributed by atoms with E-state index >= 15 is 0 Å². The number of piperidine rings is 1. The van der Waals surface area contributed by atoms with Crippen molar-refractivity contribution in [1.29, 1.82) is 0 Å². The molecule has 4 nitrogen and oxygen atoms in total. The Hall–Kier alpha value is -3.11. The molecule has 0 amide bonds. The summed E-state index contributed by atoms with van der Waals surface area (Å²) < 4.78 is 0. The lowest BCUT2D eigenvalue weighted by molar-refractivity contribution is -0.109. The molecule has 3 aliphatic rings. The Morgan fingerprint density at radius 3 is 1.82 bits per heavy atom. The molecule has 4 heteroatoms. The second-order valence-electron chi connectivity index (χ2n) is 11.3. The molecule has 3 aromatic rings. The summed E-state index contributed by atoms with van der Waals surface area (Å²) in [5.41, 5.74) is 4.70. The Morgan fingerprint density at radius 2 is 1.23 bits per heavy atom. The Bertz CT molecular complexity index is 1060. The predicted molar refractivity (Wildman–Crippen MR) is 162 cm³/mol. The molecule has 0 unspecified atom stereocenters.